The number of aliphatic hydroxyl groups excluding tert-OH is 1. The van der Waals surface area contributed by atoms with E-state index in [1.165, 1.54) is 0 Å². The molecule has 5 aliphatic carbocycles. The van der Waals surface area contributed by atoms with Crippen molar-refractivity contribution < 1.29 is 43.7 Å². The Bertz CT molecular complexity index is 1890. The Morgan fingerprint density at radius 1 is 0.653 bits per heavy atom. The number of carbonyl (C=O) groups is 5. The second-order valence-corrected chi connectivity index (χ2v) is 17.9. The number of aliphatic hydroxyl groups is 1. The number of rotatable bonds is 2. The molecule has 2 N–H and O–H groups in total. The topological polar surface area (TPSA) is 144 Å². The maximum Gasteiger partial charge on any atom is 0.344 e. The van der Waals surface area contributed by atoms with E-state index in [0.29, 0.717) is 31.2 Å². The van der Waals surface area contributed by atoms with Crippen molar-refractivity contribution in [2.45, 2.75) is 125 Å². The van der Waals surface area contributed by atoms with Gasteiger partial charge in [-0.1, -0.05) is 82.1 Å². The summed E-state index contributed by atoms with van der Waals surface area (Å²) in [5.74, 6) is -9.18. The molecule has 0 unspecified atom stereocenters. The van der Waals surface area contributed by atoms with Gasteiger partial charge in [-0.3, -0.25) is 24.0 Å². The number of ether oxygens (including phenoxy) is 2. The van der Waals surface area contributed by atoms with Crippen molar-refractivity contribution >= 4 is 28.9 Å². The van der Waals surface area contributed by atoms with Gasteiger partial charge in [-0.15, -0.1) is 0 Å². The summed E-state index contributed by atoms with van der Waals surface area (Å²) < 4.78 is 13.8. The Morgan fingerprint density at radius 3 is 1.78 bits per heavy atom. The third-order valence-corrected chi connectivity index (χ3v) is 13.1. The zero-order chi connectivity index (χ0) is 36.1. The summed E-state index contributed by atoms with van der Waals surface area (Å²) in [4.78, 5) is 71.7. The van der Waals surface area contributed by atoms with E-state index in [1.54, 1.807) is 27.7 Å². The van der Waals surface area contributed by atoms with Gasteiger partial charge in [0.05, 0.1) is 11.1 Å². The minimum Gasteiger partial charge on any atom is -0.507 e. The van der Waals surface area contributed by atoms with Crippen molar-refractivity contribution in [2.24, 2.45) is 34.0 Å². The van der Waals surface area contributed by atoms with Gasteiger partial charge in [0.25, 0.3) is 0 Å². The Labute approximate surface area is 287 Å². The number of Topliss-reactive ketones (excluding diaryl/α,β-unsaturated/α-hetero) is 5. The highest BCUT2D eigenvalue weighted by molar-refractivity contribution is 6.51. The number of phenolic OH excluding ortho intramolecular Hbond substituents is 1. The molecule has 262 valence electrons. The van der Waals surface area contributed by atoms with Crippen LogP contribution in [0.2, 0.25) is 0 Å². The normalized spacial score (nSPS) is 34.5. The first kappa shape index (κ1) is 33.7. The molecule has 6 aliphatic rings. The molecule has 1 aromatic carbocycles. The van der Waals surface area contributed by atoms with Crippen molar-refractivity contribution in [3.05, 3.63) is 39.2 Å². The molecule has 2 saturated carbocycles. The maximum atomic E-state index is 15.5. The number of hydrogen-bond acceptors (Lipinski definition) is 9. The Kier molecular flexibility index (Phi) is 6.84. The molecule has 0 radical (unpaired) electrons. The maximum absolute atomic E-state index is 15.5. The monoisotopic (exact) mass is 672 g/mol. The van der Waals surface area contributed by atoms with Crippen LogP contribution in [0.15, 0.2) is 22.5 Å². The first-order chi connectivity index (χ1) is 22.6. The number of benzene rings is 1. The van der Waals surface area contributed by atoms with Crippen molar-refractivity contribution in [2.75, 3.05) is 0 Å². The standard InChI is InChI=1S/C40H48O9/c1-17(2)19-26(42)24-23(29(45)27(19)43)39(10)16-12-14-37(7,8)34(39)35(47)40(24)48-31-20(18(3)4)25(41)21-22(32(31)49-40)38(9)15-11-13-36(5,6)33(38)30(46)28(21)44/h17-18,33-34,41-42H,11-16H2,1-10H3/t33-,34+,38-,39-,40+/m1/s1. The van der Waals surface area contributed by atoms with E-state index in [-0.39, 0.29) is 45.1 Å². The lowest BCUT2D eigenvalue weighted by atomic mass is 9.47. The first-order valence-corrected chi connectivity index (χ1v) is 17.8. The fourth-order valence-corrected chi connectivity index (χ4v) is 11.4. The van der Waals surface area contributed by atoms with E-state index >= 15 is 4.79 Å². The molecular formula is C40H48O9. The SMILES string of the molecule is CC(C)C1=C(O)C2=C(C(=O)C1=O)[C@@]1(C)CCCC(C)(C)[C@@H]1C(=O)[C@]21Oc2c(c3c(c(O)c2C(C)C)C(=O)C(=O)[C@@H]2C(C)(C)CCC[C@]32C)O1. The number of allylic oxidation sites excluding steroid dienone is 2. The van der Waals surface area contributed by atoms with Gasteiger partial charge < -0.3 is 19.7 Å². The number of carbonyl (C=O) groups excluding carboxylic acids is 5. The Hall–Kier alpha value is -3.75. The summed E-state index contributed by atoms with van der Waals surface area (Å²) in [5.41, 5.74) is -3.14. The number of fused-ring (bicyclic) bond motifs is 8. The molecule has 0 amide bonds. The molecule has 0 aromatic heterocycles. The van der Waals surface area contributed by atoms with Crippen molar-refractivity contribution in [3.63, 3.8) is 0 Å². The van der Waals surface area contributed by atoms with Crippen LogP contribution >= 0.6 is 0 Å². The Morgan fingerprint density at radius 2 is 1.20 bits per heavy atom. The van der Waals surface area contributed by atoms with Crippen LogP contribution in [0.3, 0.4) is 0 Å². The average Bonchev–Trinajstić information content (AvgIpc) is 3.35. The van der Waals surface area contributed by atoms with Crippen LogP contribution in [0.5, 0.6) is 17.2 Å². The van der Waals surface area contributed by atoms with Crippen LogP contribution < -0.4 is 9.47 Å². The van der Waals surface area contributed by atoms with Crippen LogP contribution in [-0.4, -0.2) is 44.9 Å². The second kappa shape index (κ2) is 9.94. The predicted molar refractivity (Wildman–Crippen MR) is 180 cm³/mol. The number of hydrogen-bond donors (Lipinski definition) is 2. The zero-order valence-electron chi connectivity index (χ0n) is 30.3. The fourth-order valence-electron chi connectivity index (χ4n) is 11.4. The lowest BCUT2D eigenvalue weighted by Gasteiger charge is -2.56. The quantitative estimate of drug-likeness (QED) is 0.247. The van der Waals surface area contributed by atoms with E-state index in [9.17, 15) is 29.4 Å². The summed E-state index contributed by atoms with van der Waals surface area (Å²) in [5, 5.41) is 24.1. The lowest BCUT2D eigenvalue weighted by molar-refractivity contribution is -0.170. The van der Waals surface area contributed by atoms with Gasteiger partial charge in [0.1, 0.15) is 11.5 Å². The molecule has 9 nitrogen and oxygen atoms in total. The van der Waals surface area contributed by atoms with E-state index in [1.807, 2.05) is 41.5 Å². The van der Waals surface area contributed by atoms with E-state index in [0.717, 1.165) is 12.8 Å². The molecule has 1 aromatic rings. The van der Waals surface area contributed by atoms with Crippen LogP contribution in [0.1, 0.15) is 135 Å². The molecule has 5 atom stereocenters. The van der Waals surface area contributed by atoms with Crippen LogP contribution in [0.25, 0.3) is 0 Å². The molecule has 0 bridgehead atoms. The minimum atomic E-state index is -2.39. The van der Waals surface area contributed by atoms with Gasteiger partial charge in [0, 0.05) is 44.9 Å². The molecule has 1 spiro atoms. The van der Waals surface area contributed by atoms with Crippen molar-refractivity contribution in [3.8, 4) is 17.2 Å². The van der Waals surface area contributed by atoms with Crippen LogP contribution in [-0.2, 0) is 24.6 Å². The van der Waals surface area contributed by atoms with Crippen molar-refractivity contribution in [1.29, 1.82) is 0 Å². The summed E-state index contributed by atoms with van der Waals surface area (Å²) >= 11 is 0. The molecular weight excluding hydrogens is 624 g/mol. The molecule has 1 heterocycles. The van der Waals surface area contributed by atoms with Gasteiger partial charge in [-0.05, 0) is 48.3 Å². The first-order valence-electron chi connectivity index (χ1n) is 17.8. The summed E-state index contributed by atoms with van der Waals surface area (Å²) in [6.07, 6.45) is 3.79. The molecule has 7 rings (SSSR count). The highest BCUT2D eigenvalue weighted by Gasteiger charge is 2.72. The van der Waals surface area contributed by atoms with Gasteiger partial charge in [0.2, 0.25) is 28.9 Å². The minimum absolute atomic E-state index is 0.0305. The summed E-state index contributed by atoms with van der Waals surface area (Å²) in [7, 11) is 0. The van der Waals surface area contributed by atoms with E-state index in [2.05, 4.69) is 0 Å². The smallest absolute Gasteiger partial charge is 0.344 e. The van der Waals surface area contributed by atoms with E-state index < -0.39 is 85.8 Å². The fraction of sp³-hybridized carbons (Fsp3) is 0.625. The highest BCUT2D eigenvalue weighted by atomic mass is 16.7. The third-order valence-electron chi connectivity index (χ3n) is 13.1. The van der Waals surface area contributed by atoms with Gasteiger partial charge in [0.15, 0.2) is 11.5 Å². The van der Waals surface area contributed by atoms with Crippen molar-refractivity contribution in [1.82, 2.24) is 0 Å². The molecule has 1 aliphatic heterocycles. The lowest BCUT2D eigenvalue weighted by Crippen LogP contribution is -2.65. The molecule has 2 fully saturated rings. The average molecular weight is 673 g/mol. The van der Waals surface area contributed by atoms with Gasteiger partial charge in [-0.2, -0.15) is 0 Å². The zero-order valence-corrected chi connectivity index (χ0v) is 30.3. The Balaban J connectivity index is 1.61. The highest BCUT2D eigenvalue weighted by Crippen LogP contribution is 2.68. The molecule has 0 saturated heterocycles. The second-order valence-electron chi connectivity index (χ2n) is 17.9. The number of phenols is 1. The predicted octanol–water partition coefficient (Wildman–Crippen LogP) is 7.16. The largest absolute Gasteiger partial charge is 0.507 e. The van der Waals surface area contributed by atoms with Crippen LogP contribution in [0, 0.1) is 34.0 Å². The third kappa shape index (κ3) is 3.90. The molecule has 9 heteroatoms. The number of aromatic hydroxyl groups is 1. The van der Waals surface area contributed by atoms with Crippen LogP contribution in [0.4, 0.5) is 0 Å². The van der Waals surface area contributed by atoms with Gasteiger partial charge in [-0.25, -0.2) is 0 Å². The van der Waals surface area contributed by atoms with Gasteiger partial charge >= 0.3 is 5.79 Å². The van der Waals surface area contributed by atoms with E-state index in [4.69, 9.17) is 9.47 Å². The number of ketones is 5. The summed E-state index contributed by atoms with van der Waals surface area (Å²) in [6, 6.07) is 0. The molecule has 49 heavy (non-hydrogen) atoms. The summed E-state index contributed by atoms with van der Waals surface area (Å²) in [6.45, 7) is 18.6.